The van der Waals surface area contributed by atoms with Crippen LogP contribution < -0.4 is 16.0 Å². The summed E-state index contributed by atoms with van der Waals surface area (Å²) < 4.78 is 5.36. The summed E-state index contributed by atoms with van der Waals surface area (Å²) in [4.78, 5) is 29.8. The summed E-state index contributed by atoms with van der Waals surface area (Å²) in [6.45, 7) is 6.90. The number of likely N-dealkylation sites (N-methyl/N-ethyl adjacent to an activating group) is 1. The van der Waals surface area contributed by atoms with Crippen molar-refractivity contribution in [1.29, 1.82) is 0 Å². The number of nitrogens with zero attached hydrogens (tertiary/aromatic N) is 2. The number of ether oxygens (including phenoxy) is 1. The molecular weight excluding hydrogens is 366 g/mol. The first kappa shape index (κ1) is 23.4. The lowest BCUT2D eigenvalue weighted by atomic mass is 10.2. The summed E-state index contributed by atoms with van der Waals surface area (Å²) in [5.41, 5.74) is -0.524. The molecule has 1 aliphatic carbocycles. The highest BCUT2D eigenvalue weighted by Gasteiger charge is 2.33. The lowest BCUT2D eigenvalue weighted by Crippen LogP contribution is -2.49. The van der Waals surface area contributed by atoms with Crippen LogP contribution in [0.25, 0.3) is 0 Å². The third-order valence-corrected chi connectivity index (χ3v) is 4.46. The lowest BCUT2D eigenvalue weighted by molar-refractivity contribution is -0.127. The van der Waals surface area contributed by atoms with Gasteiger partial charge in [0.15, 0.2) is 5.96 Å². The first-order chi connectivity index (χ1) is 12.6. The van der Waals surface area contributed by atoms with Crippen molar-refractivity contribution < 1.29 is 14.3 Å². The van der Waals surface area contributed by atoms with Crippen LogP contribution >= 0.6 is 11.8 Å². The van der Waals surface area contributed by atoms with Gasteiger partial charge in [0, 0.05) is 32.9 Å². The summed E-state index contributed by atoms with van der Waals surface area (Å²) in [7, 11) is 3.42. The van der Waals surface area contributed by atoms with Gasteiger partial charge in [-0.3, -0.25) is 4.79 Å². The predicted octanol–water partition coefficient (Wildman–Crippen LogP) is 1.28. The second-order valence-corrected chi connectivity index (χ2v) is 8.83. The van der Waals surface area contributed by atoms with Crippen LogP contribution in [-0.2, 0) is 9.53 Å². The Hall–Kier alpha value is -1.64. The first-order valence-electron chi connectivity index (χ1n) is 9.33. The Kier molecular flexibility index (Phi) is 9.76. The summed E-state index contributed by atoms with van der Waals surface area (Å²) in [6, 6.07) is -0.0306. The molecule has 1 fully saturated rings. The zero-order valence-corrected chi connectivity index (χ0v) is 18.2. The maximum Gasteiger partial charge on any atom is 0.407 e. The van der Waals surface area contributed by atoms with Gasteiger partial charge in [-0.15, -0.1) is 0 Å². The second-order valence-electron chi connectivity index (χ2n) is 7.84. The van der Waals surface area contributed by atoms with Gasteiger partial charge in [-0.25, -0.2) is 9.79 Å². The molecule has 0 aromatic heterocycles. The SMILES string of the molecule is CSCCNC(=NCC(=O)N(C)C)NCC(NC(=O)OC(C)(C)C)C1CC1. The molecule has 1 atom stereocenters. The fourth-order valence-corrected chi connectivity index (χ4v) is 2.54. The summed E-state index contributed by atoms with van der Waals surface area (Å²) in [6.07, 6.45) is 3.81. The molecule has 2 amide bonds. The van der Waals surface area contributed by atoms with E-state index in [4.69, 9.17) is 4.74 Å². The Morgan fingerprint density at radius 1 is 1.26 bits per heavy atom. The fourth-order valence-electron chi connectivity index (χ4n) is 2.23. The van der Waals surface area contributed by atoms with E-state index in [1.54, 1.807) is 25.9 Å². The number of alkyl carbamates (subject to hydrolysis) is 1. The average Bonchev–Trinajstić information content (AvgIpc) is 3.38. The molecule has 8 nitrogen and oxygen atoms in total. The minimum atomic E-state index is -0.524. The number of thioether (sulfide) groups is 1. The van der Waals surface area contributed by atoms with Gasteiger partial charge in [-0.05, 0) is 45.8 Å². The Balaban J connectivity index is 2.61. The monoisotopic (exact) mass is 401 g/mol. The average molecular weight is 402 g/mol. The maximum atomic E-state index is 12.1. The Labute approximate surface area is 167 Å². The van der Waals surface area contributed by atoms with Gasteiger partial charge in [-0.2, -0.15) is 11.8 Å². The standard InChI is InChI=1S/C18H35N5O3S/c1-18(2,3)26-17(25)22-14(13-7-8-13)11-20-16(19-9-10-27-6)21-12-15(24)23(4)5/h13-14H,7-12H2,1-6H3,(H,22,25)(H2,19,20,21). The van der Waals surface area contributed by atoms with E-state index in [2.05, 4.69) is 20.9 Å². The molecule has 0 aliphatic heterocycles. The second kappa shape index (κ2) is 11.3. The van der Waals surface area contributed by atoms with E-state index in [0.29, 0.717) is 18.4 Å². The molecule has 9 heteroatoms. The molecule has 156 valence electrons. The molecule has 1 aliphatic rings. The quantitative estimate of drug-likeness (QED) is 0.306. The molecule has 27 heavy (non-hydrogen) atoms. The van der Waals surface area contributed by atoms with E-state index in [-0.39, 0.29) is 18.5 Å². The minimum Gasteiger partial charge on any atom is -0.444 e. The molecule has 1 saturated carbocycles. The van der Waals surface area contributed by atoms with Crippen LogP contribution in [0.5, 0.6) is 0 Å². The van der Waals surface area contributed by atoms with Crippen molar-refractivity contribution in [3.05, 3.63) is 0 Å². The third-order valence-electron chi connectivity index (χ3n) is 3.85. The van der Waals surface area contributed by atoms with Crippen LogP contribution in [0.2, 0.25) is 0 Å². The highest BCUT2D eigenvalue weighted by molar-refractivity contribution is 7.98. The van der Waals surface area contributed by atoms with Crippen LogP contribution in [0, 0.1) is 5.92 Å². The number of rotatable bonds is 9. The van der Waals surface area contributed by atoms with Crippen LogP contribution in [0.3, 0.4) is 0 Å². The van der Waals surface area contributed by atoms with Crippen LogP contribution in [-0.4, -0.2) is 80.2 Å². The molecule has 1 unspecified atom stereocenters. The minimum absolute atomic E-state index is 0.0306. The van der Waals surface area contributed by atoms with Gasteiger partial charge in [-0.1, -0.05) is 0 Å². The molecular formula is C18H35N5O3S. The van der Waals surface area contributed by atoms with Gasteiger partial charge in [0.25, 0.3) is 0 Å². The Bertz CT molecular complexity index is 516. The number of carbonyl (C=O) groups excluding carboxylic acids is 2. The van der Waals surface area contributed by atoms with Crippen molar-refractivity contribution in [3.8, 4) is 0 Å². The van der Waals surface area contributed by atoms with E-state index >= 15 is 0 Å². The smallest absolute Gasteiger partial charge is 0.407 e. The molecule has 0 heterocycles. The molecule has 0 saturated heterocycles. The van der Waals surface area contributed by atoms with E-state index in [0.717, 1.165) is 25.1 Å². The number of hydrogen-bond acceptors (Lipinski definition) is 5. The van der Waals surface area contributed by atoms with Gasteiger partial charge < -0.3 is 25.6 Å². The maximum absolute atomic E-state index is 12.1. The summed E-state index contributed by atoms with van der Waals surface area (Å²) in [5.74, 6) is 1.90. The van der Waals surface area contributed by atoms with Crippen molar-refractivity contribution in [1.82, 2.24) is 20.9 Å². The molecule has 0 aromatic rings. The van der Waals surface area contributed by atoms with Gasteiger partial charge in [0.2, 0.25) is 5.91 Å². The summed E-state index contributed by atoms with van der Waals surface area (Å²) in [5, 5.41) is 9.43. The number of nitrogens with one attached hydrogen (secondary N) is 3. The van der Waals surface area contributed by atoms with E-state index in [1.165, 1.54) is 4.90 Å². The third kappa shape index (κ3) is 10.9. The molecule has 0 bridgehead atoms. The molecule has 3 N–H and O–H groups in total. The van der Waals surface area contributed by atoms with Crippen molar-refractivity contribution in [2.24, 2.45) is 10.9 Å². The number of carbonyl (C=O) groups is 2. The van der Waals surface area contributed by atoms with Crippen LogP contribution in [0.1, 0.15) is 33.6 Å². The molecule has 1 rings (SSSR count). The van der Waals surface area contributed by atoms with Crippen molar-refractivity contribution in [2.45, 2.75) is 45.3 Å². The molecule has 0 aromatic carbocycles. The topological polar surface area (TPSA) is 95.1 Å². The highest BCUT2D eigenvalue weighted by atomic mass is 32.2. The lowest BCUT2D eigenvalue weighted by Gasteiger charge is -2.24. The van der Waals surface area contributed by atoms with Crippen LogP contribution in [0.4, 0.5) is 4.79 Å². The van der Waals surface area contributed by atoms with Crippen LogP contribution in [0.15, 0.2) is 4.99 Å². The zero-order valence-electron chi connectivity index (χ0n) is 17.4. The number of guanidine groups is 1. The van der Waals surface area contributed by atoms with Gasteiger partial charge in [0.1, 0.15) is 12.1 Å². The largest absolute Gasteiger partial charge is 0.444 e. The Morgan fingerprint density at radius 2 is 1.93 bits per heavy atom. The Morgan fingerprint density at radius 3 is 2.44 bits per heavy atom. The highest BCUT2D eigenvalue weighted by Crippen LogP contribution is 2.32. The van der Waals surface area contributed by atoms with Crippen molar-refractivity contribution in [2.75, 3.05) is 45.7 Å². The van der Waals surface area contributed by atoms with E-state index in [9.17, 15) is 9.59 Å². The first-order valence-corrected chi connectivity index (χ1v) is 10.7. The fraction of sp³-hybridized carbons (Fsp3) is 0.833. The molecule has 0 radical (unpaired) electrons. The number of amides is 2. The zero-order chi connectivity index (χ0) is 20.4. The van der Waals surface area contributed by atoms with E-state index < -0.39 is 11.7 Å². The number of aliphatic imine (C=N–C) groups is 1. The summed E-state index contributed by atoms with van der Waals surface area (Å²) >= 11 is 1.73. The van der Waals surface area contributed by atoms with Gasteiger partial charge in [0.05, 0.1) is 6.04 Å². The molecule has 0 spiro atoms. The van der Waals surface area contributed by atoms with E-state index in [1.807, 2.05) is 27.0 Å². The van der Waals surface area contributed by atoms with Crippen molar-refractivity contribution >= 4 is 29.7 Å². The van der Waals surface area contributed by atoms with Gasteiger partial charge >= 0.3 is 6.09 Å². The van der Waals surface area contributed by atoms with Crippen molar-refractivity contribution in [3.63, 3.8) is 0 Å². The normalized spacial score (nSPS) is 15.7. The number of hydrogen-bond donors (Lipinski definition) is 3. The predicted molar refractivity (Wildman–Crippen MR) is 111 cm³/mol.